The van der Waals surface area contributed by atoms with Gasteiger partial charge in [0.1, 0.15) is 11.5 Å². The zero-order valence-corrected chi connectivity index (χ0v) is 16.3. The molecular weight excluding hydrogens is 386 g/mol. The Hall–Kier alpha value is -4.07. The molecule has 0 saturated carbocycles. The van der Waals surface area contributed by atoms with Gasteiger partial charge in [-0.3, -0.25) is 14.4 Å². The lowest BCUT2D eigenvalue weighted by Gasteiger charge is -2.12. The van der Waals surface area contributed by atoms with Gasteiger partial charge in [0.25, 0.3) is 5.91 Å². The predicted octanol–water partition coefficient (Wildman–Crippen LogP) is 2.47. The van der Waals surface area contributed by atoms with E-state index in [1.54, 1.807) is 48.5 Å². The number of furan rings is 1. The van der Waals surface area contributed by atoms with Crippen LogP contribution in [0.3, 0.4) is 0 Å². The van der Waals surface area contributed by atoms with Crippen molar-refractivity contribution in [1.82, 2.24) is 10.6 Å². The van der Waals surface area contributed by atoms with Gasteiger partial charge in [0.05, 0.1) is 31.2 Å². The molecule has 3 aromatic rings. The first-order chi connectivity index (χ1) is 14.6. The number of amides is 3. The summed E-state index contributed by atoms with van der Waals surface area (Å²) in [6.07, 6.45) is 1.51. The molecule has 0 aliphatic carbocycles. The molecule has 0 spiro atoms. The van der Waals surface area contributed by atoms with Crippen LogP contribution in [0.5, 0.6) is 5.75 Å². The molecule has 0 bridgehead atoms. The summed E-state index contributed by atoms with van der Waals surface area (Å²) in [5.41, 5.74) is 1.20. The van der Waals surface area contributed by atoms with Crippen LogP contribution in [0.2, 0.25) is 0 Å². The van der Waals surface area contributed by atoms with Gasteiger partial charge in [0, 0.05) is 12.1 Å². The molecule has 1 heterocycles. The molecule has 0 atom stereocenters. The lowest BCUT2D eigenvalue weighted by Crippen LogP contribution is -2.35. The van der Waals surface area contributed by atoms with Crippen LogP contribution in [-0.2, 0) is 22.7 Å². The Balaban J connectivity index is 1.60. The fourth-order valence-corrected chi connectivity index (χ4v) is 2.75. The minimum absolute atomic E-state index is 0.127. The fraction of sp³-hybridized carbons (Fsp3) is 0.136. The first-order valence-electron chi connectivity index (χ1n) is 9.19. The van der Waals surface area contributed by atoms with Crippen molar-refractivity contribution in [1.29, 1.82) is 0 Å². The maximum atomic E-state index is 12.5. The standard InChI is InChI=1S/C22H21N3O5/c1-29-19-11-5-2-7-15(19)13-23-21(27)22(28)25-18-10-4-3-9-17(18)20(26)24-14-16-8-6-12-30-16/h2-12H,13-14H2,1H3,(H,23,27)(H,24,26)(H,25,28). The summed E-state index contributed by atoms with van der Waals surface area (Å²) < 4.78 is 10.4. The first-order valence-corrected chi connectivity index (χ1v) is 9.19. The summed E-state index contributed by atoms with van der Waals surface area (Å²) >= 11 is 0. The van der Waals surface area contributed by atoms with E-state index >= 15 is 0 Å². The van der Waals surface area contributed by atoms with Crippen molar-refractivity contribution < 1.29 is 23.5 Å². The van der Waals surface area contributed by atoms with E-state index in [1.807, 2.05) is 12.1 Å². The van der Waals surface area contributed by atoms with Crippen LogP contribution in [-0.4, -0.2) is 24.8 Å². The van der Waals surface area contributed by atoms with Gasteiger partial charge in [-0.2, -0.15) is 0 Å². The number of methoxy groups -OCH3 is 1. The minimum Gasteiger partial charge on any atom is -0.496 e. The average molecular weight is 407 g/mol. The van der Waals surface area contributed by atoms with Crippen molar-refractivity contribution in [3.8, 4) is 5.75 Å². The van der Waals surface area contributed by atoms with Crippen LogP contribution >= 0.6 is 0 Å². The molecule has 0 radical (unpaired) electrons. The summed E-state index contributed by atoms with van der Waals surface area (Å²) in [4.78, 5) is 37.0. The second-order valence-electron chi connectivity index (χ2n) is 6.26. The third-order valence-corrected chi connectivity index (χ3v) is 4.26. The normalized spacial score (nSPS) is 10.2. The zero-order chi connectivity index (χ0) is 21.3. The third kappa shape index (κ3) is 5.26. The number of rotatable bonds is 7. The van der Waals surface area contributed by atoms with Gasteiger partial charge in [-0.1, -0.05) is 30.3 Å². The molecule has 2 aromatic carbocycles. The number of anilines is 1. The molecule has 8 nitrogen and oxygen atoms in total. The second-order valence-corrected chi connectivity index (χ2v) is 6.26. The van der Waals surface area contributed by atoms with E-state index in [2.05, 4.69) is 16.0 Å². The molecule has 30 heavy (non-hydrogen) atoms. The van der Waals surface area contributed by atoms with E-state index in [9.17, 15) is 14.4 Å². The zero-order valence-electron chi connectivity index (χ0n) is 16.3. The first kappa shape index (κ1) is 20.7. The van der Waals surface area contributed by atoms with Crippen molar-refractivity contribution in [2.75, 3.05) is 12.4 Å². The number of hydrogen-bond acceptors (Lipinski definition) is 5. The third-order valence-electron chi connectivity index (χ3n) is 4.26. The molecule has 3 amide bonds. The maximum absolute atomic E-state index is 12.5. The largest absolute Gasteiger partial charge is 0.496 e. The van der Waals surface area contributed by atoms with Gasteiger partial charge in [-0.25, -0.2) is 0 Å². The smallest absolute Gasteiger partial charge is 0.313 e. The SMILES string of the molecule is COc1ccccc1CNC(=O)C(=O)Nc1ccccc1C(=O)NCc1ccco1. The molecule has 0 aliphatic heterocycles. The molecule has 1 aromatic heterocycles. The Kier molecular flexibility index (Phi) is 6.83. The monoisotopic (exact) mass is 407 g/mol. The van der Waals surface area contributed by atoms with Crippen LogP contribution in [0.15, 0.2) is 71.3 Å². The van der Waals surface area contributed by atoms with Crippen molar-refractivity contribution in [3.63, 3.8) is 0 Å². The van der Waals surface area contributed by atoms with Crippen LogP contribution in [0.25, 0.3) is 0 Å². The van der Waals surface area contributed by atoms with Gasteiger partial charge >= 0.3 is 11.8 Å². The molecule has 0 fully saturated rings. The number of carbonyl (C=O) groups excluding carboxylic acids is 3. The fourth-order valence-electron chi connectivity index (χ4n) is 2.75. The predicted molar refractivity (Wildman–Crippen MR) is 110 cm³/mol. The lowest BCUT2D eigenvalue weighted by molar-refractivity contribution is -0.136. The van der Waals surface area contributed by atoms with E-state index in [0.717, 1.165) is 5.56 Å². The topological polar surface area (TPSA) is 110 Å². The Morgan fingerprint density at radius 3 is 2.40 bits per heavy atom. The number of carbonyl (C=O) groups is 3. The summed E-state index contributed by atoms with van der Waals surface area (Å²) in [6.45, 7) is 0.328. The van der Waals surface area contributed by atoms with E-state index in [1.165, 1.54) is 13.4 Å². The highest BCUT2D eigenvalue weighted by atomic mass is 16.5. The van der Waals surface area contributed by atoms with Gasteiger partial charge in [0.2, 0.25) is 0 Å². The number of para-hydroxylation sites is 2. The van der Waals surface area contributed by atoms with Crippen molar-refractivity contribution >= 4 is 23.4 Å². The number of ether oxygens (including phenoxy) is 1. The Labute approximate surface area is 173 Å². The van der Waals surface area contributed by atoms with Crippen LogP contribution in [0, 0.1) is 0 Å². The van der Waals surface area contributed by atoms with Crippen molar-refractivity contribution in [2.24, 2.45) is 0 Å². The van der Waals surface area contributed by atoms with E-state index < -0.39 is 17.7 Å². The van der Waals surface area contributed by atoms with Gasteiger partial charge in [0.15, 0.2) is 0 Å². The van der Waals surface area contributed by atoms with Gasteiger partial charge in [-0.05, 0) is 30.3 Å². The quantitative estimate of drug-likeness (QED) is 0.521. The average Bonchev–Trinajstić information content (AvgIpc) is 3.30. The molecular formula is C22H21N3O5. The van der Waals surface area contributed by atoms with Crippen molar-refractivity contribution in [3.05, 3.63) is 83.8 Å². The van der Waals surface area contributed by atoms with Crippen LogP contribution in [0.1, 0.15) is 21.7 Å². The maximum Gasteiger partial charge on any atom is 0.313 e. The summed E-state index contributed by atoms with van der Waals surface area (Å²) in [5.74, 6) is -0.906. The van der Waals surface area contributed by atoms with Crippen LogP contribution < -0.4 is 20.7 Å². The summed E-state index contributed by atoms with van der Waals surface area (Å²) in [5, 5.41) is 7.73. The number of benzene rings is 2. The Bertz CT molecular complexity index is 1030. The molecule has 0 aliphatic rings. The van der Waals surface area contributed by atoms with Crippen LogP contribution in [0.4, 0.5) is 5.69 Å². The summed E-state index contributed by atoms with van der Waals surface area (Å²) in [7, 11) is 1.53. The van der Waals surface area contributed by atoms with E-state index in [-0.39, 0.29) is 24.3 Å². The number of nitrogens with one attached hydrogen (secondary N) is 3. The molecule has 154 valence electrons. The highest BCUT2D eigenvalue weighted by Gasteiger charge is 2.18. The molecule has 0 unspecified atom stereocenters. The summed E-state index contributed by atoms with van der Waals surface area (Å²) in [6, 6.07) is 17.1. The minimum atomic E-state index is -0.879. The van der Waals surface area contributed by atoms with Gasteiger partial charge < -0.3 is 25.1 Å². The molecule has 0 saturated heterocycles. The molecule has 3 rings (SSSR count). The highest BCUT2D eigenvalue weighted by molar-refractivity contribution is 6.40. The molecule has 3 N–H and O–H groups in total. The Morgan fingerprint density at radius 2 is 1.63 bits per heavy atom. The highest BCUT2D eigenvalue weighted by Crippen LogP contribution is 2.17. The Morgan fingerprint density at radius 1 is 0.867 bits per heavy atom. The van der Waals surface area contributed by atoms with E-state index in [4.69, 9.17) is 9.15 Å². The molecule has 8 heteroatoms. The van der Waals surface area contributed by atoms with Crippen molar-refractivity contribution in [2.45, 2.75) is 13.1 Å². The second kappa shape index (κ2) is 9.92. The number of hydrogen-bond donors (Lipinski definition) is 3. The van der Waals surface area contributed by atoms with Gasteiger partial charge in [-0.15, -0.1) is 0 Å². The van der Waals surface area contributed by atoms with E-state index in [0.29, 0.717) is 11.5 Å². The lowest BCUT2D eigenvalue weighted by atomic mass is 10.1.